The summed E-state index contributed by atoms with van der Waals surface area (Å²) in [7, 11) is 0. The van der Waals surface area contributed by atoms with Gasteiger partial charge in [0.25, 0.3) is 0 Å². The summed E-state index contributed by atoms with van der Waals surface area (Å²) in [6.45, 7) is 5.36. The van der Waals surface area contributed by atoms with Crippen molar-refractivity contribution in [1.82, 2.24) is 4.90 Å². The molecule has 0 saturated carbocycles. The van der Waals surface area contributed by atoms with E-state index in [1.165, 1.54) is 12.1 Å². The van der Waals surface area contributed by atoms with Crippen LogP contribution in [0, 0.1) is 5.82 Å². The molecule has 2 unspecified atom stereocenters. The van der Waals surface area contributed by atoms with Gasteiger partial charge in [-0.1, -0.05) is 28.9 Å². The summed E-state index contributed by atoms with van der Waals surface area (Å²) in [4.78, 5) is 2.36. The lowest BCUT2D eigenvalue weighted by molar-refractivity contribution is -0.0119. The lowest BCUT2D eigenvalue weighted by Crippen LogP contribution is -2.44. The molecule has 3 nitrogen and oxygen atoms in total. The van der Waals surface area contributed by atoms with Gasteiger partial charge in [0.1, 0.15) is 5.82 Å². The van der Waals surface area contributed by atoms with Gasteiger partial charge in [-0.15, -0.1) is 0 Å². The number of likely N-dealkylation sites (tertiary alicyclic amines) is 1. The summed E-state index contributed by atoms with van der Waals surface area (Å²) in [5, 5.41) is 0. The molecule has 0 bridgehead atoms. The first-order valence-electron chi connectivity index (χ1n) is 7.66. The molecular formula is C16H24BrFN2O. The molecule has 1 aliphatic rings. The number of benzene rings is 1. The molecule has 1 aromatic rings. The van der Waals surface area contributed by atoms with Crippen LogP contribution in [0.3, 0.4) is 0 Å². The van der Waals surface area contributed by atoms with Crippen molar-refractivity contribution < 1.29 is 9.13 Å². The predicted octanol–water partition coefficient (Wildman–Crippen LogP) is 3.48. The molecule has 2 N–H and O–H groups in total. The Kier molecular flexibility index (Phi) is 6.61. The van der Waals surface area contributed by atoms with Crippen LogP contribution < -0.4 is 5.73 Å². The second-order valence-corrected chi connectivity index (χ2v) is 6.40. The van der Waals surface area contributed by atoms with Gasteiger partial charge >= 0.3 is 0 Å². The van der Waals surface area contributed by atoms with Crippen LogP contribution in [0.15, 0.2) is 22.7 Å². The van der Waals surface area contributed by atoms with Gasteiger partial charge in [0.2, 0.25) is 0 Å². The van der Waals surface area contributed by atoms with E-state index in [2.05, 4.69) is 27.8 Å². The molecule has 1 saturated heterocycles. The topological polar surface area (TPSA) is 38.5 Å². The van der Waals surface area contributed by atoms with Crippen molar-refractivity contribution in [3.8, 4) is 0 Å². The molecule has 1 fully saturated rings. The zero-order valence-corrected chi connectivity index (χ0v) is 14.1. The molecule has 118 valence electrons. The van der Waals surface area contributed by atoms with Gasteiger partial charge in [-0.05, 0) is 43.5 Å². The molecule has 1 aliphatic heterocycles. The Hall–Kier alpha value is -0.490. The third kappa shape index (κ3) is 4.49. The minimum Gasteiger partial charge on any atom is -0.377 e. The fourth-order valence-corrected chi connectivity index (χ4v) is 3.53. The molecule has 1 aromatic carbocycles. The van der Waals surface area contributed by atoms with Gasteiger partial charge in [-0.3, -0.25) is 4.90 Å². The highest BCUT2D eigenvalue weighted by Crippen LogP contribution is 2.30. The maximum Gasteiger partial charge on any atom is 0.124 e. The molecule has 0 radical (unpaired) electrons. The molecule has 21 heavy (non-hydrogen) atoms. The van der Waals surface area contributed by atoms with Crippen molar-refractivity contribution in [2.45, 2.75) is 38.3 Å². The average Bonchev–Trinajstić information content (AvgIpc) is 2.48. The van der Waals surface area contributed by atoms with Gasteiger partial charge in [0, 0.05) is 30.2 Å². The molecule has 0 spiro atoms. The van der Waals surface area contributed by atoms with Crippen LogP contribution in [0.5, 0.6) is 0 Å². The number of nitrogens with zero attached hydrogens (tertiary/aromatic N) is 1. The summed E-state index contributed by atoms with van der Waals surface area (Å²) >= 11 is 3.46. The van der Waals surface area contributed by atoms with Crippen LogP contribution in [0.4, 0.5) is 4.39 Å². The maximum absolute atomic E-state index is 13.3. The van der Waals surface area contributed by atoms with Crippen LogP contribution in [-0.4, -0.2) is 37.2 Å². The highest BCUT2D eigenvalue weighted by molar-refractivity contribution is 9.10. The average molecular weight is 359 g/mol. The lowest BCUT2D eigenvalue weighted by atomic mass is 10.0. The molecule has 0 aromatic heterocycles. The number of rotatable bonds is 6. The number of hydrogen-bond donors (Lipinski definition) is 1. The second kappa shape index (κ2) is 8.22. The number of hydrogen-bond acceptors (Lipinski definition) is 3. The Morgan fingerprint density at radius 2 is 2.33 bits per heavy atom. The van der Waals surface area contributed by atoms with E-state index < -0.39 is 0 Å². The zero-order chi connectivity index (χ0) is 15.2. The van der Waals surface area contributed by atoms with Crippen molar-refractivity contribution in [1.29, 1.82) is 0 Å². The Morgan fingerprint density at radius 1 is 1.52 bits per heavy atom. The summed E-state index contributed by atoms with van der Waals surface area (Å²) < 4.78 is 19.9. The first kappa shape index (κ1) is 16.9. The Morgan fingerprint density at radius 3 is 3.00 bits per heavy atom. The first-order chi connectivity index (χ1) is 10.2. The van der Waals surface area contributed by atoms with Gasteiger partial charge < -0.3 is 10.5 Å². The van der Waals surface area contributed by atoms with Crippen molar-refractivity contribution in [2.24, 2.45) is 5.73 Å². The van der Waals surface area contributed by atoms with E-state index in [1.54, 1.807) is 0 Å². The van der Waals surface area contributed by atoms with E-state index in [4.69, 9.17) is 10.5 Å². The molecule has 0 amide bonds. The summed E-state index contributed by atoms with van der Waals surface area (Å²) in [6, 6.07) is 4.94. The Balaban J connectivity index is 2.09. The van der Waals surface area contributed by atoms with E-state index in [0.29, 0.717) is 6.54 Å². The number of nitrogens with two attached hydrogens (primary N) is 1. The minimum absolute atomic E-state index is 0.105. The van der Waals surface area contributed by atoms with E-state index in [1.807, 2.05) is 6.07 Å². The van der Waals surface area contributed by atoms with Crippen LogP contribution in [0.1, 0.15) is 37.8 Å². The van der Waals surface area contributed by atoms with E-state index in [0.717, 1.165) is 49.0 Å². The monoisotopic (exact) mass is 358 g/mol. The largest absolute Gasteiger partial charge is 0.377 e. The molecule has 0 aliphatic carbocycles. The van der Waals surface area contributed by atoms with Gasteiger partial charge in [-0.25, -0.2) is 4.39 Å². The van der Waals surface area contributed by atoms with Crippen molar-refractivity contribution in [3.63, 3.8) is 0 Å². The number of halogens is 2. The van der Waals surface area contributed by atoms with Gasteiger partial charge in [0.05, 0.1) is 6.10 Å². The lowest BCUT2D eigenvalue weighted by Gasteiger charge is -2.38. The van der Waals surface area contributed by atoms with Gasteiger partial charge in [-0.2, -0.15) is 0 Å². The normalized spacial score (nSPS) is 21.4. The van der Waals surface area contributed by atoms with Crippen LogP contribution in [0.2, 0.25) is 0 Å². The van der Waals surface area contributed by atoms with E-state index in [9.17, 15) is 4.39 Å². The van der Waals surface area contributed by atoms with E-state index in [-0.39, 0.29) is 18.0 Å². The van der Waals surface area contributed by atoms with Crippen molar-refractivity contribution in [2.75, 3.05) is 26.2 Å². The smallest absolute Gasteiger partial charge is 0.124 e. The number of ether oxygens (including phenoxy) is 1. The molecule has 2 rings (SSSR count). The minimum atomic E-state index is -0.232. The Bertz CT molecular complexity index is 458. The first-order valence-corrected chi connectivity index (χ1v) is 8.45. The Labute approximate surface area is 134 Å². The van der Waals surface area contributed by atoms with Crippen LogP contribution in [-0.2, 0) is 4.74 Å². The summed E-state index contributed by atoms with van der Waals surface area (Å²) in [5.41, 5.74) is 7.04. The van der Waals surface area contributed by atoms with Crippen molar-refractivity contribution >= 4 is 15.9 Å². The summed E-state index contributed by atoms with van der Waals surface area (Å²) in [5.74, 6) is -0.232. The molecule has 1 heterocycles. The predicted molar refractivity (Wildman–Crippen MR) is 86.7 cm³/mol. The van der Waals surface area contributed by atoms with Crippen LogP contribution >= 0.6 is 15.9 Å². The quantitative estimate of drug-likeness (QED) is 0.845. The van der Waals surface area contributed by atoms with Gasteiger partial charge in [0.15, 0.2) is 0 Å². The fourth-order valence-electron chi connectivity index (χ4n) is 2.91. The molecule has 2 atom stereocenters. The SMILES string of the molecule is CCCOC1CCCN(C(CN)c2ccc(F)cc2Br)C1. The standard InChI is InChI=1S/C16H24BrFN2O/c1-2-8-21-13-4-3-7-20(11-13)16(10-19)14-6-5-12(18)9-15(14)17/h5-6,9,13,16H,2-4,7-8,10-11,19H2,1H3. The zero-order valence-electron chi connectivity index (χ0n) is 12.5. The second-order valence-electron chi connectivity index (χ2n) is 5.55. The van der Waals surface area contributed by atoms with E-state index >= 15 is 0 Å². The molecule has 5 heteroatoms. The highest BCUT2D eigenvalue weighted by Gasteiger charge is 2.27. The maximum atomic E-state index is 13.3. The van der Waals surface area contributed by atoms with Crippen LogP contribution in [0.25, 0.3) is 0 Å². The third-order valence-corrected chi connectivity index (χ3v) is 4.64. The highest BCUT2D eigenvalue weighted by atomic mass is 79.9. The molecular weight excluding hydrogens is 335 g/mol. The fraction of sp³-hybridized carbons (Fsp3) is 0.625. The summed E-state index contributed by atoms with van der Waals surface area (Å²) in [6.07, 6.45) is 3.55. The number of piperidine rings is 1. The van der Waals surface area contributed by atoms with Crippen molar-refractivity contribution in [3.05, 3.63) is 34.1 Å². The third-order valence-electron chi connectivity index (χ3n) is 3.95.